The number of hydrogen-bond acceptors (Lipinski definition) is 4. The molecule has 1 aliphatic rings. The Morgan fingerprint density at radius 1 is 1.53 bits per heavy atom. The van der Waals surface area contributed by atoms with Crippen LogP contribution in [0.3, 0.4) is 0 Å². The Bertz CT molecular complexity index is 360. The van der Waals surface area contributed by atoms with Crippen LogP contribution in [0.1, 0.15) is 19.8 Å². The normalized spacial score (nSPS) is 20.7. The molecule has 0 saturated carbocycles. The van der Waals surface area contributed by atoms with E-state index in [1.165, 1.54) is 4.90 Å². The Labute approximate surface area is 110 Å². The molecule has 3 amide bonds. The summed E-state index contributed by atoms with van der Waals surface area (Å²) in [5, 5.41) is 11.3. The van der Waals surface area contributed by atoms with Gasteiger partial charge in [0, 0.05) is 12.6 Å². The number of nitrogens with zero attached hydrogens (tertiary/aromatic N) is 1. The number of nitrogens with one attached hydrogen (secondary N) is 1. The number of aliphatic carboxylic acids is 1. The minimum Gasteiger partial charge on any atom is -0.481 e. The highest BCUT2D eigenvalue weighted by molar-refractivity contribution is 5.86. The van der Waals surface area contributed by atoms with Crippen molar-refractivity contribution in [3.05, 3.63) is 0 Å². The maximum absolute atomic E-state index is 12.0. The average Bonchev–Trinajstić information content (AvgIpc) is 2.37. The summed E-state index contributed by atoms with van der Waals surface area (Å²) in [5.41, 5.74) is 5.20. The highest BCUT2D eigenvalue weighted by atomic mass is 16.5. The monoisotopic (exact) mass is 273 g/mol. The molecule has 1 heterocycles. The number of rotatable bonds is 5. The fourth-order valence-corrected chi connectivity index (χ4v) is 1.85. The number of nitrogens with two attached hydrogens (primary N) is 1. The first kappa shape index (κ1) is 15.2. The first-order valence-electron chi connectivity index (χ1n) is 6.11. The zero-order valence-corrected chi connectivity index (χ0v) is 10.8. The second kappa shape index (κ2) is 6.93. The number of hydrogen-bond donors (Lipinski definition) is 3. The van der Waals surface area contributed by atoms with E-state index in [0.29, 0.717) is 13.0 Å². The minimum absolute atomic E-state index is 0.0679. The molecule has 0 spiro atoms. The fraction of sp³-hybridized carbons (Fsp3) is 0.727. The molecule has 108 valence electrons. The van der Waals surface area contributed by atoms with E-state index >= 15 is 0 Å². The molecule has 1 fully saturated rings. The smallest absolute Gasteiger partial charge is 0.318 e. The van der Waals surface area contributed by atoms with Crippen LogP contribution < -0.4 is 11.1 Å². The van der Waals surface area contributed by atoms with Gasteiger partial charge >= 0.3 is 12.0 Å². The number of carboxylic acid groups (broad SMARTS) is 1. The number of morpholine rings is 1. The number of primary amides is 1. The maximum atomic E-state index is 12.0. The van der Waals surface area contributed by atoms with Crippen LogP contribution >= 0.6 is 0 Å². The van der Waals surface area contributed by atoms with Crippen molar-refractivity contribution in [3.63, 3.8) is 0 Å². The summed E-state index contributed by atoms with van der Waals surface area (Å²) in [5.74, 6) is -1.62. The first-order valence-corrected chi connectivity index (χ1v) is 6.11. The number of carbonyl (C=O) groups excluding carboxylic acids is 2. The molecular formula is C11H19N3O5. The third-order valence-electron chi connectivity index (χ3n) is 2.96. The molecule has 2 unspecified atom stereocenters. The van der Waals surface area contributed by atoms with Gasteiger partial charge in [0.25, 0.3) is 0 Å². The Morgan fingerprint density at radius 3 is 2.74 bits per heavy atom. The maximum Gasteiger partial charge on any atom is 0.318 e. The number of ether oxygens (including phenoxy) is 1. The van der Waals surface area contributed by atoms with Gasteiger partial charge in [-0.25, -0.2) is 4.79 Å². The molecular weight excluding hydrogens is 254 g/mol. The predicted molar refractivity (Wildman–Crippen MR) is 65.4 cm³/mol. The van der Waals surface area contributed by atoms with E-state index in [2.05, 4.69) is 5.32 Å². The van der Waals surface area contributed by atoms with E-state index in [1.54, 1.807) is 6.92 Å². The number of amides is 3. The fourth-order valence-electron chi connectivity index (χ4n) is 1.85. The molecule has 1 rings (SSSR count). The molecule has 0 aromatic heterocycles. The zero-order valence-electron chi connectivity index (χ0n) is 10.8. The Morgan fingerprint density at radius 2 is 2.21 bits per heavy atom. The van der Waals surface area contributed by atoms with Crippen molar-refractivity contribution in [3.8, 4) is 0 Å². The number of urea groups is 1. The Hall–Kier alpha value is -1.83. The highest BCUT2D eigenvalue weighted by Gasteiger charge is 2.32. The number of carbonyl (C=O) groups is 3. The zero-order chi connectivity index (χ0) is 14.4. The molecule has 1 aliphatic heterocycles. The summed E-state index contributed by atoms with van der Waals surface area (Å²) >= 11 is 0. The molecule has 0 aliphatic carbocycles. The van der Waals surface area contributed by atoms with Crippen molar-refractivity contribution < 1.29 is 24.2 Å². The van der Waals surface area contributed by atoms with Gasteiger partial charge in [-0.15, -0.1) is 0 Å². The summed E-state index contributed by atoms with van der Waals surface area (Å²) in [7, 11) is 0. The highest BCUT2D eigenvalue weighted by Crippen LogP contribution is 2.08. The lowest BCUT2D eigenvalue weighted by atomic mass is 10.1. The summed E-state index contributed by atoms with van der Waals surface area (Å²) in [6, 6.07) is -1.77. The van der Waals surface area contributed by atoms with Crippen LogP contribution in [0.2, 0.25) is 0 Å². The van der Waals surface area contributed by atoms with Gasteiger partial charge in [0.15, 0.2) is 0 Å². The largest absolute Gasteiger partial charge is 0.481 e. The van der Waals surface area contributed by atoms with Gasteiger partial charge in [-0.05, 0) is 6.42 Å². The summed E-state index contributed by atoms with van der Waals surface area (Å²) < 4.78 is 5.10. The lowest BCUT2D eigenvalue weighted by molar-refractivity contribution is -0.137. The molecule has 0 radical (unpaired) electrons. The van der Waals surface area contributed by atoms with E-state index in [0.717, 1.165) is 0 Å². The molecule has 0 aromatic rings. The van der Waals surface area contributed by atoms with E-state index in [1.807, 2.05) is 0 Å². The van der Waals surface area contributed by atoms with Gasteiger partial charge in [0.05, 0.1) is 19.6 Å². The molecule has 4 N–H and O–H groups in total. The first-order chi connectivity index (χ1) is 8.95. The van der Waals surface area contributed by atoms with Crippen molar-refractivity contribution in [2.75, 3.05) is 19.8 Å². The third-order valence-corrected chi connectivity index (χ3v) is 2.96. The van der Waals surface area contributed by atoms with Crippen LogP contribution in [-0.2, 0) is 14.3 Å². The lowest BCUT2D eigenvalue weighted by Gasteiger charge is -2.34. The lowest BCUT2D eigenvalue weighted by Crippen LogP contribution is -2.58. The molecule has 0 aromatic carbocycles. The van der Waals surface area contributed by atoms with Crippen molar-refractivity contribution in [2.24, 2.45) is 5.73 Å². The van der Waals surface area contributed by atoms with Crippen molar-refractivity contribution >= 4 is 17.9 Å². The predicted octanol–water partition coefficient (Wildman–Crippen LogP) is -0.865. The molecule has 8 heteroatoms. The number of carboxylic acids is 1. The van der Waals surface area contributed by atoms with Crippen molar-refractivity contribution in [1.82, 2.24) is 10.2 Å². The third kappa shape index (κ3) is 4.40. The quantitative estimate of drug-likeness (QED) is 0.601. The van der Waals surface area contributed by atoms with Gasteiger partial charge in [-0.3, -0.25) is 9.59 Å². The van der Waals surface area contributed by atoms with Crippen LogP contribution in [0.25, 0.3) is 0 Å². The van der Waals surface area contributed by atoms with Crippen LogP contribution in [0, 0.1) is 0 Å². The second-order valence-electron chi connectivity index (χ2n) is 4.34. The summed E-state index contributed by atoms with van der Waals surface area (Å²) in [6.45, 7) is 2.42. The second-order valence-corrected chi connectivity index (χ2v) is 4.34. The standard InChI is InChI=1S/C11H19N3O5/c1-2-7(5-9(15)16)13-11(18)14-3-4-19-6-8(14)10(12)17/h7-8H,2-6H2,1H3,(H2,12,17)(H,13,18)(H,15,16). The molecule has 0 bridgehead atoms. The molecule has 1 saturated heterocycles. The van der Waals surface area contributed by atoms with E-state index in [-0.39, 0.29) is 19.6 Å². The minimum atomic E-state index is -0.986. The van der Waals surface area contributed by atoms with E-state index in [4.69, 9.17) is 15.6 Å². The topological polar surface area (TPSA) is 122 Å². The van der Waals surface area contributed by atoms with E-state index in [9.17, 15) is 14.4 Å². The van der Waals surface area contributed by atoms with Gasteiger partial charge in [0.1, 0.15) is 6.04 Å². The van der Waals surface area contributed by atoms with E-state index < -0.39 is 30.0 Å². The van der Waals surface area contributed by atoms with Crippen LogP contribution in [0.5, 0.6) is 0 Å². The van der Waals surface area contributed by atoms with Crippen molar-refractivity contribution in [2.45, 2.75) is 31.8 Å². The Kier molecular flexibility index (Phi) is 5.56. The van der Waals surface area contributed by atoms with Gasteiger partial charge in [-0.2, -0.15) is 0 Å². The van der Waals surface area contributed by atoms with Gasteiger partial charge < -0.3 is 25.8 Å². The van der Waals surface area contributed by atoms with Crippen LogP contribution in [-0.4, -0.2) is 59.8 Å². The molecule has 19 heavy (non-hydrogen) atoms. The SMILES string of the molecule is CCC(CC(=O)O)NC(=O)N1CCOCC1C(N)=O. The summed E-state index contributed by atoms with van der Waals surface area (Å²) in [6.07, 6.45) is 0.331. The van der Waals surface area contributed by atoms with Crippen LogP contribution in [0.15, 0.2) is 0 Å². The molecule has 8 nitrogen and oxygen atoms in total. The van der Waals surface area contributed by atoms with Crippen molar-refractivity contribution in [1.29, 1.82) is 0 Å². The average molecular weight is 273 g/mol. The van der Waals surface area contributed by atoms with Gasteiger partial charge in [-0.1, -0.05) is 6.92 Å². The summed E-state index contributed by atoms with van der Waals surface area (Å²) in [4.78, 5) is 35.2. The van der Waals surface area contributed by atoms with Gasteiger partial charge in [0.2, 0.25) is 5.91 Å². The van der Waals surface area contributed by atoms with Crippen LogP contribution in [0.4, 0.5) is 4.79 Å². The Balaban J connectivity index is 2.63. The molecule has 2 atom stereocenters.